The Morgan fingerprint density at radius 1 is 1.35 bits per heavy atom. The second-order valence-corrected chi connectivity index (χ2v) is 7.61. The highest BCUT2D eigenvalue weighted by atomic mass is 32.2. The lowest BCUT2D eigenvalue weighted by molar-refractivity contribution is -0.141. The van der Waals surface area contributed by atoms with Gasteiger partial charge in [0.05, 0.1) is 11.7 Å². The van der Waals surface area contributed by atoms with E-state index in [-0.39, 0.29) is 17.7 Å². The predicted octanol–water partition coefficient (Wildman–Crippen LogP) is 1.01. The molecule has 2 rings (SSSR count). The van der Waals surface area contributed by atoms with Gasteiger partial charge in [-0.1, -0.05) is 24.3 Å². The maximum Gasteiger partial charge on any atom is 0.307 e. The Balaban J connectivity index is 1.97. The molecule has 1 saturated heterocycles. The molecule has 1 aliphatic heterocycles. The molecule has 1 aromatic rings. The van der Waals surface area contributed by atoms with Gasteiger partial charge < -0.3 is 10.4 Å². The quantitative estimate of drug-likeness (QED) is 0.847. The second kappa shape index (κ2) is 5.93. The van der Waals surface area contributed by atoms with Crippen molar-refractivity contribution in [1.82, 2.24) is 5.32 Å². The van der Waals surface area contributed by atoms with Gasteiger partial charge in [0.2, 0.25) is 0 Å². The van der Waals surface area contributed by atoms with Crippen LogP contribution in [0, 0.1) is 5.92 Å². The molecular weight excluding hydrogens is 278 g/mol. The van der Waals surface area contributed by atoms with Gasteiger partial charge in [-0.05, 0) is 24.0 Å². The molecule has 0 amide bonds. The van der Waals surface area contributed by atoms with Crippen LogP contribution in [0.5, 0.6) is 0 Å². The van der Waals surface area contributed by atoms with Gasteiger partial charge in [-0.25, -0.2) is 8.42 Å². The number of carbonyl (C=O) groups is 1. The molecule has 0 aliphatic carbocycles. The summed E-state index contributed by atoms with van der Waals surface area (Å²) in [6.07, 6.45) is 2.34. The van der Waals surface area contributed by atoms with Crippen molar-refractivity contribution in [3.05, 3.63) is 35.4 Å². The van der Waals surface area contributed by atoms with Crippen LogP contribution in [0.4, 0.5) is 0 Å². The standard InChI is InChI=1S/C14H19NO4S/c1-20(18,19)7-6-10-2-4-11(5-3-10)13-8-12(9-15-13)14(16)17/h2-5,12-13,15H,6-9H2,1H3,(H,16,17). The van der Waals surface area contributed by atoms with Crippen LogP contribution in [0.3, 0.4) is 0 Å². The number of nitrogens with one attached hydrogen (secondary N) is 1. The molecule has 0 saturated carbocycles. The number of aryl methyl sites for hydroxylation is 1. The Labute approximate surface area is 118 Å². The largest absolute Gasteiger partial charge is 0.481 e. The third kappa shape index (κ3) is 4.05. The van der Waals surface area contributed by atoms with Crippen LogP contribution in [0.15, 0.2) is 24.3 Å². The van der Waals surface area contributed by atoms with Crippen LogP contribution in [-0.2, 0) is 21.1 Å². The number of carboxylic acid groups (broad SMARTS) is 1. The average molecular weight is 297 g/mol. The summed E-state index contributed by atoms with van der Waals surface area (Å²) < 4.78 is 22.2. The van der Waals surface area contributed by atoms with E-state index in [2.05, 4.69) is 5.32 Å². The van der Waals surface area contributed by atoms with Crippen LogP contribution < -0.4 is 5.32 Å². The summed E-state index contributed by atoms with van der Waals surface area (Å²) in [5, 5.41) is 12.2. The number of rotatable bonds is 5. The van der Waals surface area contributed by atoms with E-state index in [1.807, 2.05) is 24.3 Å². The van der Waals surface area contributed by atoms with E-state index in [0.29, 0.717) is 19.4 Å². The van der Waals surface area contributed by atoms with Gasteiger partial charge in [-0.3, -0.25) is 4.79 Å². The first-order chi connectivity index (χ1) is 9.35. The Hall–Kier alpha value is -1.40. The molecule has 1 aliphatic rings. The summed E-state index contributed by atoms with van der Waals surface area (Å²) in [6.45, 7) is 0.496. The van der Waals surface area contributed by atoms with E-state index in [4.69, 9.17) is 5.11 Å². The third-order valence-corrected chi connectivity index (χ3v) is 4.57. The van der Waals surface area contributed by atoms with Crippen LogP contribution in [0.25, 0.3) is 0 Å². The summed E-state index contributed by atoms with van der Waals surface area (Å²) in [5.41, 5.74) is 2.03. The molecule has 110 valence electrons. The zero-order valence-electron chi connectivity index (χ0n) is 11.4. The van der Waals surface area contributed by atoms with E-state index in [0.717, 1.165) is 11.1 Å². The summed E-state index contributed by atoms with van der Waals surface area (Å²) in [7, 11) is -2.94. The fourth-order valence-electron chi connectivity index (χ4n) is 2.40. The van der Waals surface area contributed by atoms with Gasteiger partial charge in [0.1, 0.15) is 9.84 Å². The van der Waals surface area contributed by atoms with Crippen LogP contribution in [0.2, 0.25) is 0 Å². The molecule has 6 heteroatoms. The molecule has 5 nitrogen and oxygen atoms in total. The molecule has 0 spiro atoms. The van der Waals surface area contributed by atoms with Gasteiger partial charge >= 0.3 is 5.97 Å². The average Bonchev–Trinajstić information content (AvgIpc) is 2.86. The summed E-state index contributed by atoms with van der Waals surface area (Å²) in [5.74, 6) is -0.940. The van der Waals surface area contributed by atoms with Crippen molar-refractivity contribution in [3.8, 4) is 0 Å². The molecular formula is C14H19NO4S. The minimum atomic E-state index is -2.94. The van der Waals surface area contributed by atoms with Crippen LogP contribution in [-0.4, -0.2) is 38.0 Å². The maximum absolute atomic E-state index is 11.1. The van der Waals surface area contributed by atoms with E-state index >= 15 is 0 Å². The van der Waals surface area contributed by atoms with E-state index in [1.165, 1.54) is 6.26 Å². The molecule has 0 bridgehead atoms. The van der Waals surface area contributed by atoms with Crippen molar-refractivity contribution < 1.29 is 18.3 Å². The highest BCUT2D eigenvalue weighted by Crippen LogP contribution is 2.27. The molecule has 1 fully saturated rings. The molecule has 2 unspecified atom stereocenters. The topological polar surface area (TPSA) is 83.5 Å². The number of aliphatic carboxylic acids is 1. The fourth-order valence-corrected chi connectivity index (χ4v) is 3.00. The van der Waals surface area contributed by atoms with Crippen molar-refractivity contribution in [1.29, 1.82) is 0 Å². The van der Waals surface area contributed by atoms with Crippen molar-refractivity contribution >= 4 is 15.8 Å². The van der Waals surface area contributed by atoms with Gasteiger partial charge in [-0.2, -0.15) is 0 Å². The molecule has 0 radical (unpaired) electrons. The first kappa shape index (κ1) is 15.0. The van der Waals surface area contributed by atoms with Crippen molar-refractivity contribution in [2.75, 3.05) is 18.6 Å². The third-order valence-electron chi connectivity index (χ3n) is 3.62. The number of hydrogen-bond acceptors (Lipinski definition) is 4. The highest BCUT2D eigenvalue weighted by Gasteiger charge is 2.29. The zero-order valence-corrected chi connectivity index (χ0v) is 12.2. The maximum atomic E-state index is 11.1. The monoisotopic (exact) mass is 297 g/mol. The van der Waals surface area contributed by atoms with Crippen molar-refractivity contribution in [3.63, 3.8) is 0 Å². The summed E-state index contributed by atoms with van der Waals surface area (Å²) >= 11 is 0. The summed E-state index contributed by atoms with van der Waals surface area (Å²) in [6, 6.07) is 7.78. The second-order valence-electron chi connectivity index (χ2n) is 5.35. The van der Waals surface area contributed by atoms with E-state index in [1.54, 1.807) is 0 Å². The lowest BCUT2D eigenvalue weighted by atomic mass is 9.99. The Bertz CT molecular complexity index is 580. The van der Waals surface area contributed by atoms with Gasteiger partial charge in [0, 0.05) is 18.8 Å². The van der Waals surface area contributed by atoms with Crippen LogP contribution >= 0.6 is 0 Å². The van der Waals surface area contributed by atoms with Crippen LogP contribution in [0.1, 0.15) is 23.6 Å². The summed E-state index contributed by atoms with van der Waals surface area (Å²) in [4.78, 5) is 10.9. The lowest BCUT2D eigenvalue weighted by Gasteiger charge is -2.11. The van der Waals surface area contributed by atoms with Crippen molar-refractivity contribution in [2.45, 2.75) is 18.9 Å². The SMILES string of the molecule is CS(=O)(=O)CCc1ccc(C2CC(C(=O)O)CN2)cc1. The lowest BCUT2D eigenvalue weighted by Crippen LogP contribution is -2.17. The van der Waals surface area contributed by atoms with Gasteiger partial charge in [0.25, 0.3) is 0 Å². The molecule has 2 atom stereocenters. The molecule has 0 aromatic heterocycles. The predicted molar refractivity (Wildman–Crippen MR) is 76.3 cm³/mol. The molecule has 2 N–H and O–H groups in total. The smallest absolute Gasteiger partial charge is 0.307 e. The normalized spacial score (nSPS) is 22.9. The molecule has 20 heavy (non-hydrogen) atoms. The molecule has 1 aromatic carbocycles. The number of hydrogen-bond donors (Lipinski definition) is 2. The minimum absolute atomic E-state index is 0.0695. The van der Waals surface area contributed by atoms with Gasteiger partial charge in [0.15, 0.2) is 0 Å². The number of benzene rings is 1. The molecule has 1 heterocycles. The number of carboxylic acids is 1. The Morgan fingerprint density at radius 3 is 2.50 bits per heavy atom. The van der Waals surface area contributed by atoms with Gasteiger partial charge in [-0.15, -0.1) is 0 Å². The minimum Gasteiger partial charge on any atom is -0.481 e. The Kier molecular flexibility index (Phi) is 4.45. The fraction of sp³-hybridized carbons (Fsp3) is 0.500. The Morgan fingerprint density at radius 2 is 2.00 bits per heavy atom. The zero-order chi connectivity index (χ0) is 14.8. The first-order valence-corrected chi connectivity index (χ1v) is 8.64. The first-order valence-electron chi connectivity index (χ1n) is 6.58. The number of sulfone groups is 1. The van der Waals surface area contributed by atoms with E-state index in [9.17, 15) is 13.2 Å². The van der Waals surface area contributed by atoms with Crippen molar-refractivity contribution in [2.24, 2.45) is 5.92 Å². The highest BCUT2D eigenvalue weighted by molar-refractivity contribution is 7.90. The van der Waals surface area contributed by atoms with E-state index < -0.39 is 15.8 Å².